The zero-order chi connectivity index (χ0) is 21.1. The molecule has 0 bridgehead atoms. The second-order valence-electron chi connectivity index (χ2n) is 7.70. The standard InChI is InChI=1S/C22H24ClFN4O2/c23-20-6-5-14(13-25-20)11-15-12-18(22(30)27-17-3-1-2-4-19(17)29)26-21-16(15)7-9-28(21)10-8-24/h5-7,9,12-13,17,19,29H,1-4,8,10-11H2,(H,27,30)/t17-,19-/m0/s1. The summed E-state index contributed by atoms with van der Waals surface area (Å²) in [6.07, 6.45) is 6.86. The predicted octanol–water partition coefficient (Wildman–Crippen LogP) is 3.68. The summed E-state index contributed by atoms with van der Waals surface area (Å²) in [5, 5.41) is 14.4. The molecular weight excluding hydrogens is 407 g/mol. The van der Waals surface area contributed by atoms with Crippen LogP contribution >= 0.6 is 11.6 Å². The summed E-state index contributed by atoms with van der Waals surface area (Å²) < 4.78 is 14.7. The predicted molar refractivity (Wildman–Crippen MR) is 113 cm³/mol. The number of halogens is 2. The van der Waals surface area contributed by atoms with Gasteiger partial charge in [-0.1, -0.05) is 30.5 Å². The van der Waals surface area contributed by atoms with Gasteiger partial charge in [-0.05, 0) is 48.6 Å². The molecule has 4 rings (SSSR count). The van der Waals surface area contributed by atoms with Gasteiger partial charge in [0.2, 0.25) is 0 Å². The molecule has 1 fully saturated rings. The highest BCUT2D eigenvalue weighted by atomic mass is 35.5. The number of rotatable bonds is 6. The summed E-state index contributed by atoms with van der Waals surface area (Å²) in [6, 6.07) is 7.00. The number of nitrogens with zero attached hydrogens (tertiary/aromatic N) is 3. The van der Waals surface area contributed by atoms with E-state index in [1.807, 2.05) is 12.1 Å². The van der Waals surface area contributed by atoms with Gasteiger partial charge >= 0.3 is 0 Å². The Morgan fingerprint density at radius 3 is 2.87 bits per heavy atom. The molecule has 158 valence electrons. The van der Waals surface area contributed by atoms with Crippen LogP contribution in [-0.2, 0) is 13.0 Å². The quantitative estimate of drug-likeness (QED) is 0.584. The number of pyridine rings is 2. The maximum atomic E-state index is 13.0. The first-order valence-electron chi connectivity index (χ1n) is 10.2. The fraction of sp³-hybridized carbons (Fsp3) is 0.409. The first kappa shape index (κ1) is 20.8. The van der Waals surface area contributed by atoms with Crippen molar-refractivity contribution in [3.63, 3.8) is 0 Å². The molecule has 1 aliphatic carbocycles. The molecule has 2 atom stereocenters. The van der Waals surface area contributed by atoms with E-state index < -0.39 is 12.8 Å². The molecule has 0 unspecified atom stereocenters. The summed E-state index contributed by atoms with van der Waals surface area (Å²) in [7, 11) is 0. The molecule has 3 aromatic heterocycles. The number of amides is 1. The Labute approximate surface area is 179 Å². The Kier molecular flexibility index (Phi) is 6.29. The van der Waals surface area contributed by atoms with Crippen LogP contribution in [0.15, 0.2) is 36.7 Å². The van der Waals surface area contributed by atoms with Gasteiger partial charge < -0.3 is 15.0 Å². The van der Waals surface area contributed by atoms with Crippen molar-refractivity contribution >= 4 is 28.5 Å². The van der Waals surface area contributed by atoms with Crippen LogP contribution in [-0.4, -0.2) is 44.4 Å². The molecule has 8 heteroatoms. The SMILES string of the molecule is O=C(N[C@H]1CCCC[C@@H]1O)c1cc(Cc2ccc(Cl)nc2)c2ccn(CCF)c2n1. The minimum atomic E-state index is -0.540. The van der Waals surface area contributed by atoms with E-state index in [4.69, 9.17) is 11.6 Å². The Balaban J connectivity index is 1.68. The van der Waals surface area contributed by atoms with E-state index in [0.29, 0.717) is 23.6 Å². The largest absolute Gasteiger partial charge is 0.391 e. The number of hydrogen-bond donors (Lipinski definition) is 2. The number of aliphatic hydroxyl groups is 1. The summed E-state index contributed by atoms with van der Waals surface area (Å²) in [4.78, 5) is 21.6. The van der Waals surface area contributed by atoms with Gasteiger partial charge in [0.1, 0.15) is 23.2 Å². The topological polar surface area (TPSA) is 80.0 Å². The molecule has 1 saturated carbocycles. The van der Waals surface area contributed by atoms with Crippen molar-refractivity contribution in [3.8, 4) is 0 Å². The molecule has 30 heavy (non-hydrogen) atoms. The normalized spacial score (nSPS) is 19.2. The van der Waals surface area contributed by atoms with Crippen molar-refractivity contribution in [2.45, 2.75) is 50.8 Å². The average molecular weight is 431 g/mol. The van der Waals surface area contributed by atoms with Crippen molar-refractivity contribution in [1.82, 2.24) is 19.9 Å². The van der Waals surface area contributed by atoms with Crippen LogP contribution in [0.2, 0.25) is 5.15 Å². The highest BCUT2D eigenvalue weighted by molar-refractivity contribution is 6.29. The fourth-order valence-electron chi connectivity index (χ4n) is 4.02. The number of fused-ring (bicyclic) bond motifs is 1. The molecular formula is C22H24ClFN4O2. The van der Waals surface area contributed by atoms with Crippen LogP contribution in [0, 0.1) is 0 Å². The molecule has 2 N–H and O–H groups in total. The second kappa shape index (κ2) is 9.10. The Hall–Kier alpha value is -2.51. The molecule has 1 amide bonds. The summed E-state index contributed by atoms with van der Waals surface area (Å²) >= 11 is 5.89. The Morgan fingerprint density at radius 1 is 1.30 bits per heavy atom. The molecule has 3 heterocycles. The average Bonchev–Trinajstić information content (AvgIpc) is 3.15. The van der Waals surface area contributed by atoms with E-state index in [-0.39, 0.29) is 24.2 Å². The number of carbonyl (C=O) groups excluding carboxylic acids is 1. The van der Waals surface area contributed by atoms with Crippen LogP contribution in [0.5, 0.6) is 0 Å². The summed E-state index contributed by atoms with van der Waals surface area (Å²) in [5.74, 6) is -0.327. The number of aryl methyl sites for hydroxylation is 1. The zero-order valence-electron chi connectivity index (χ0n) is 16.5. The van der Waals surface area contributed by atoms with Crippen molar-refractivity contribution in [2.24, 2.45) is 0 Å². The van der Waals surface area contributed by atoms with Crippen molar-refractivity contribution in [2.75, 3.05) is 6.67 Å². The van der Waals surface area contributed by atoms with Crippen LogP contribution in [0.1, 0.15) is 47.3 Å². The Morgan fingerprint density at radius 2 is 2.13 bits per heavy atom. The lowest BCUT2D eigenvalue weighted by Crippen LogP contribution is -2.45. The van der Waals surface area contributed by atoms with E-state index in [2.05, 4.69) is 15.3 Å². The summed E-state index contributed by atoms with van der Waals surface area (Å²) in [5.41, 5.74) is 2.67. The molecule has 3 aromatic rings. The lowest BCUT2D eigenvalue weighted by Gasteiger charge is -2.28. The second-order valence-corrected chi connectivity index (χ2v) is 8.09. The number of nitrogens with one attached hydrogen (secondary N) is 1. The highest BCUT2D eigenvalue weighted by Gasteiger charge is 2.26. The maximum Gasteiger partial charge on any atom is 0.270 e. The number of alkyl halides is 1. The molecule has 0 radical (unpaired) electrons. The van der Waals surface area contributed by atoms with Crippen LogP contribution in [0.3, 0.4) is 0 Å². The van der Waals surface area contributed by atoms with Crippen molar-refractivity contribution in [3.05, 3.63) is 58.6 Å². The van der Waals surface area contributed by atoms with Gasteiger partial charge in [0.05, 0.1) is 18.7 Å². The van der Waals surface area contributed by atoms with E-state index in [0.717, 1.165) is 35.8 Å². The van der Waals surface area contributed by atoms with Crippen LogP contribution in [0.4, 0.5) is 4.39 Å². The van der Waals surface area contributed by atoms with E-state index in [1.54, 1.807) is 29.1 Å². The lowest BCUT2D eigenvalue weighted by molar-refractivity contribution is 0.0714. The fourth-order valence-corrected chi connectivity index (χ4v) is 4.13. The molecule has 0 aliphatic heterocycles. The van der Waals surface area contributed by atoms with E-state index >= 15 is 0 Å². The van der Waals surface area contributed by atoms with E-state index in [1.165, 1.54) is 0 Å². The van der Waals surface area contributed by atoms with Gasteiger partial charge in [-0.25, -0.2) is 14.4 Å². The van der Waals surface area contributed by atoms with Gasteiger partial charge in [0.25, 0.3) is 5.91 Å². The van der Waals surface area contributed by atoms with Gasteiger partial charge in [-0.15, -0.1) is 0 Å². The first-order valence-corrected chi connectivity index (χ1v) is 10.6. The third kappa shape index (κ3) is 4.47. The van der Waals surface area contributed by atoms with E-state index in [9.17, 15) is 14.3 Å². The number of aliphatic hydroxyl groups excluding tert-OH is 1. The zero-order valence-corrected chi connectivity index (χ0v) is 17.3. The minimum absolute atomic E-state index is 0.171. The smallest absolute Gasteiger partial charge is 0.270 e. The number of carbonyl (C=O) groups is 1. The molecule has 0 spiro atoms. The third-order valence-corrected chi connectivity index (χ3v) is 5.83. The highest BCUT2D eigenvalue weighted by Crippen LogP contribution is 2.24. The number of aromatic nitrogens is 3. The van der Waals surface area contributed by atoms with Crippen molar-refractivity contribution in [1.29, 1.82) is 0 Å². The third-order valence-electron chi connectivity index (χ3n) is 5.60. The maximum absolute atomic E-state index is 13.0. The van der Waals surface area contributed by atoms with Gasteiger partial charge in [0, 0.05) is 17.8 Å². The number of hydrogen-bond acceptors (Lipinski definition) is 4. The minimum Gasteiger partial charge on any atom is -0.391 e. The first-order chi connectivity index (χ1) is 14.5. The molecule has 6 nitrogen and oxygen atoms in total. The van der Waals surface area contributed by atoms with Crippen LogP contribution in [0.25, 0.3) is 11.0 Å². The van der Waals surface area contributed by atoms with Gasteiger partial charge in [0.15, 0.2) is 0 Å². The molecule has 0 aromatic carbocycles. The summed E-state index contributed by atoms with van der Waals surface area (Å²) in [6.45, 7) is -0.350. The van der Waals surface area contributed by atoms with Crippen molar-refractivity contribution < 1.29 is 14.3 Å². The van der Waals surface area contributed by atoms with Gasteiger partial charge in [-0.3, -0.25) is 4.79 Å². The molecule has 1 aliphatic rings. The lowest BCUT2D eigenvalue weighted by atomic mass is 9.92. The molecule has 0 saturated heterocycles. The monoisotopic (exact) mass is 430 g/mol. The van der Waals surface area contributed by atoms with Crippen LogP contribution < -0.4 is 5.32 Å². The Bertz CT molecular complexity index is 1040. The van der Waals surface area contributed by atoms with Gasteiger partial charge in [-0.2, -0.15) is 0 Å².